The van der Waals surface area contributed by atoms with Crippen LogP contribution >= 0.6 is 0 Å². The predicted octanol–water partition coefficient (Wildman–Crippen LogP) is 2.32. The van der Waals surface area contributed by atoms with Crippen molar-refractivity contribution in [1.82, 2.24) is 14.7 Å². The number of hydrogen-bond acceptors (Lipinski definition) is 4. The summed E-state index contributed by atoms with van der Waals surface area (Å²) in [6.45, 7) is 12.8. The van der Waals surface area contributed by atoms with E-state index in [9.17, 15) is 14.4 Å². The third-order valence-electron chi connectivity index (χ3n) is 7.49. The van der Waals surface area contributed by atoms with Gasteiger partial charge >= 0.3 is 6.17 Å². The van der Waals surface area contributed by atoms with Gasteiger partial charge in [0.15, 0.2) is 0 Å². The van der Waals surface area contributed by atoms with Crippen molar-refractivity contribution < 1.29 is 14.4 Å². The minimum atomic E-state index is -0.919. The van der Waals surface area contributed by atoms with Crippen molar-refractivity contribution in [2.75, 3.05) is 32.5 Å². The van der Waals surface area contributed by atoms with Crippen LogP contribution in [0.2, 0.25) is 0 Å². The number of likely N-dealkylation sites (N-methyl/N-ethyl adjacent to an activating group) is 2. The molecule has 8 nitrogen and oxygen atoms in total. The lowest BCUT2D eigenvalue weighted by Gasteiger charge is -2.34. The minimum absolute atomic E-state index is 0.0498. The molecule has 3 heterocycles. The van der Waals surface area contributed by atoms with Crippen molar-refractivity contribution in [3.8, 4) is 0 Å². The summed E-state index contributed by atoms with van der Waals surface area (Å²) in [5.41, 5.74) is 0.671. The fraction of sp³-hybridized carbons (Fsp3) is 0.600. The average Bonchev–Trinajstić information content (AvgIpc) is 3.47. The third-order valence-corrected chi connectivity index (χ3v) is 7.49. The number of likely N-dealkylation sites (tertiary alicyclic amines) is 2. The van der Waals surface area contributed by atoms with E-state index in [4.69, 9.17) is 6.57 Å². The lowest BCUT2D eigenvalue weighted by molar-refractivity contribution is -0.147. The molecule has 33 heavy (non-hydrogen) atoms. The summed E-state index contributed by atoms with van der Waals surface area (Å²) in [4.78, 5) is 49.2. The van der Waals surface area contributed by atoms with Gasteiger partial charge in [-0.25, -0.2) is 6.57 Å². The Hall–Kier alpha value is -2.92. The summed E-state index contributed by atoms with van der Waals surface area (Å²) in [5, 5.41) is 2.93. The molecule has 0 saturated carbocycles. The molecule has 0 aromatic heterocycles. The van der Waals surface area contributed by atoms with E-state index in [2.05, 4.69) is 10.2 Å². The number of para-hydroxylation sites is 1. The van der Waals surface area contributed by atoms with Crippen molar-refractivity contribution in [2.45, 2.75) is 63.2 Å². The molecule has 0 aliphatic carbocycles. The quantitative estimate of drug-likeness (QED) is 0.697. The van der Waals surface area contributed by atoms with Gasteiger partial charge in [0.25, 0.3) is 5.91 Å². The number of nitrogens with zero attached hydrogens (tertiary/aromatic N) is 4. The largest absolute Gasteiger partial charge is 0.332 e. The molecule has 0 unspecified atom stereocenters. The Balaban J connectivity index is 1.63. The molecule has 1 aromatic carbocycles. The normalized spacial score (nSPS) is 27.5. The first kappa shape index (κ1) is 23.2. The second kappa shape index (κ2) is 8.79. The third kappa shape index (κ3) is 3.89. The summed E-state index contributed by atoms with van der Waals surface area (Å²) in [6.07, 6.45) is 1.79. The second-order valence-corrected chi connectivity index (χ2v) is 10.1. The smallest absolute Gasteiger partial charge is 0.302 e. The number of fused-ring (bicyclic) bond motifs is 2. The summed E-state index contributed by atoms with van der Waals surface area (Å²) in [5.74, 6) is -0.263. The molecule has 2 saturated heterocycles. The lowest BCUT2D eigenvalue weighted by atomic mass is 9.80. The van der Waals surface area contributed by atoms with Gasteiger partial charge in [-0.15, -0.1) is 0 Å². The Labute approximate surface area is 195 Å². The van der Waals surface area contributed by atoms with Gasteiger partial charge in [-0.3, -0.25) is 29.0 Å². The highest BCUT2D eigenvalue weighted by Gasteiger charge is 2.59. The van der Waals surface area contributed by atoms with E-state index in [0.717, 1.165) is 30.6 Å². The molecule has 1 aromatic rings. The number of rotatable bonds is 5. The van der Waals surface area contributed by atoms with Gasteiger partial charge in [-0.05, 0) is 50.4 Å². The molecule has 8 heteroatoms. The predicted molar refractivity (Wildman–Crippen MR) is 125 cm³/mol. The zero-order valence-electron chi connectivity index (χ0n) is 19.9. The van der Waals surface area contributed by atoms with E-state index in [1.807, 2.05) is 50.1 Å². The molecule has 4 atom stereocenters. The topological polar surface area (TPSA) is 77.3 Å². The molecule has 1 spiro atoms. The van der Waals surface area contributed by atoms with Crippen molar-refractivity contribution in [3.63, 3.8) is 0 Å². The fourth-order valence-electron chi connectivity index (χ4n) is 5.63. The van der Waals surface area contributed by atoms with Crippen LogP contribution < -0.4 is 5.32 Å². The first-order chi connectivity index (χ1) is 15.7. The van der Waals surface area contributed by atoms with Crippen LogP contribution in [0.4, 0.5) is 5.69 Å². The van der Waals surface area contributed by atoms with Crippen molar-refractivity contribution in [2.24, 2.45) is 5.92 Å². The minimum Gasteiger partial charge on any atom is -0.332 e. The molecule has 3 amide bonds. The maximum atomic E-state index is 13.9. The van der Waals surface area contributed by atoms with E-state index in [1.54, 1.807) is 16.8 Å². The number of carbonyl (C=O) groups is 3. The highest BCUT2D eigenvalue weighted by atomic mass is 16.2. The Morgan fingerprint density at radius 1 is 1.33 bits per heavy atom. The van der Waals surface area contributed by atoms with Crippen molar-refractivity contribution in [1.29, 1.82) is 0 Å². The molecular weight excluding hydrogens is 418 g/mol. The number of nitrogens with one attached hydrogen (secondary N) is 1. The van der Waals surface area contributed by atoms with Crippen LogP contribution in [0.1, 0.15) is 45.1 Å². The van der Waals surface area contributed by atoms with Crippen LogP contribution in [0.5, 0.6) is 0 Å². The Bertz CT molecular complexity index is 1000. The number of benzene rings is 1. The van der Waals surface area contributed by atoms with Crippen LogP contribution in [0, 0.1) is 12.5 Å². The molecule has 176 valence electrons. The van der Waals surface area contributed by atoms with Gasteiger partial charge < -0.3 is 10.2 Å². The number of amides is 3. The number of hydrogen-bond donors (Lipinski definition) is 1. The zero-order chi connectivity index (χ0) is 23.9. The van der Waals surface area contributed by atoms with Crippen LogP contribution in [0.15, 0.2) is 24.3 Å². The van der Waals surface area contributed by atoms with E-state index in [1.165, 1.54) is 0 Å². The van der Waals surface area contributed by atoms with Crippen molar-refractivity contribution >= 4 is 23.4 Å². The Morgan fingerprint density at radius 2 is 2.06 bits per heavy atom. The first-order valence-electron chi connectivity index (χ1n) is 11.7. The summed E-state index contributed by atoms with van der Waals surface area (Å²) in [7, 11) is 3.65. The number of anilines is 1. The van der Waals surface area contributed by atoms with Crippen LogP contribution in [0.25, 0.3) is 4.85 Å². The summed E-state index contributed by atoms with van der Waals surface area (Å²) < 4.78 is 0. The molecule has 3 aliphatic heterocycles. The highest BCUT2D eigenvalue weighted by Crippen LogP contribution is 2.47. The van der Waals surface area contributed by atoms with E-state index < -0.39 is 17.6 Å². The SMILES string of the molecule is [C-]#[N+][C@@H]1C[C@@]2(CN1C(=O)[C@H](CC(C)C)N(C)C(=O)[C@@H]1CCCN1C)C(=O)Nc1ccccc12. The second-order valence-electron chi connectivity index (χ2n) is 10.1. The van der Waals surface area contributed by atoms with Gasteiger partial charge in [0, 0.05) is 19.3 Å². The zero-order valence-corrected chi connectivity index (χ0v) is 19.9. The summed E-state index contributed by atoms with van der Waals surface area (Å²) in [6, 6.07) is 6.62. The van der Waals surface area contributed by atoms with E-state index in [-0.39, 0.29) is 42.6 Å². The molecule has 4 rings (SSSR count). The molecule has 0 radical (unpaired) electrons. The van der Waals surface area contributed by atoms with Crippen molar-refractivity contribution in [3.05, 3.63) is 41.2 Å². The van der Waals surface area contributed by atoms with Crippen LogP contribution in [-0.4, -0.2) is 77.9 Å². The monoisotopic (exact) mass is 451 g/mol. The van der Waals surface area contributed by atoms with Crippen LogP contribution in [-0.2, 0) is 19.8 Å². The first-order valence-corrected chi connectivity index (χ1v) is 11.7. The summed E-state index contributed by atoms with van der Waals surface area (Å²) >= 11 is 0. The molecule has 1 N–H and O–H groups in total. The fourth-order valence-corrected chi connectivity index (χ4v) is 5.63. The molecule has 3 aliphatic rings. The molecular formula is C25H33N5O3. The molecule has 2 fully saturated rings. The lowest BCUT2D eigenvalue weighted by Crippen LogP contribution is -2.54. The van der Waals surface area contributed by atoms with Gasteiger partial charge in [0.2, 0.25) is 11.8 Å². The standard InChI is InChI=1S/C25H33N5O3/c1-16(2)13-20(29(5)22(31)19-11-8-12-28(19)4)23(32)30-15-25(14-21(30)26-3)17-9-6-7-10-18(17)27-24(25)33/h6-7,9-10,16,19-21H,8,11-15H2,1-2,4-5H3,(H,27,33)/t19-,20-,21-,25-/m0/s1. The highest BCUT2D eigenvalue weighted by molar-refractivity contribution is 6.07. The van der Waals surface area contributed by atoms with E-state index in [0.29, 0.717) is 6.42 Å². The van der Waals surface area contributed by atoms with E-state index >= 15 is 0 Å². The van der Waals surface area contributed by atoms with Gasteiger partial charge in [-0.2, -0.15) is 0 Å². The van der Waals surface area contributed by atoms with Gasteiger partial charge in [-0.1, -0.05) is 32.0 Å². The maximum Gasteiger partial charge on any atom is 0.302 e. The van der Waals surface area contributed by atoms with Gasteiger partial charge in [0.05, 0.1) is 12.5 Å². The van der Waals surface area contributed by atoms with Crippen LogP contribution in [0.3, 0.4) is 0 Å². The maximum absolute atomic E-state index is 13.9. The van der Waals surface area contributed by atoms with Gasteiger partial charge in [0.1, 0.15) is 11.5 Å². The molecule has 0 bridgehead atoms. The average molecular weight is 452 g/mol. The Morgan fingerprint density at radius 3 is 2.70 bits per heavy atom. The Kier molecular flexibility index (Phi) is 6.19. The number of carbonyl (C=O) groups excluding carboxylic acids is 3.